The number of alkyl halides is 6. The van der Waals surface area contributed by atoms with Gasteiger partial charge in [-0.2, -0.15) is 31.3 Å². The van der Waals surface area contributed by atoms with Crippen molar-refractivity contribution in [2.24, 2.45) is 0 Å². The molecule has 0 amide bonds. The van der Waals surface area contributed by atoms with Crippen LogP contribution in [-0.4, -0.2) is 25.1 Å². The molecule has 0 saturated heterocycles. The number of aryl methyl sites for hydroxylation is 1. The molecule has 0 saturated carbocycles. The van der Waals surface area contributed by atoms with Gasteiger partial charge in [0.1, 0.15) is 5.82 Å². The zero-order valence-electron chi connectivity index (χ0n) is 15.9. The lowest BCUT2D eigenvalue weighted by Crippen LogP contribution is -2.11. The van der Waals surface area contributed by atoms with Crippen molar-refractivity contribution in [1.82, 2.24) is 25.1 Å². The van der Waals surface area contributed by atoms with Gasteiger partial charge in [0.25, 0.3) is 0 Å². The molecule has 1 aromatic carbocycles. The van der Waals surface area contributed by atoms with Crippen molar-refractivity contribution in [3.8, 4) is 11.4 Å². The van der Waals surface area contributed by atoms with Crippen LogP contribution in [0, 0.1) is 0 Å². The van der Waals surface area contributed by atoms with E-state index in [1.54, 1.807) is 5.10 Å². The van der Waals surface area contributed by atoms with Gasteiger partial charge in [-0.1, -0.05) is 24.6 Å². The summed E-state index contributed by atoms with van der Waals surface area (Å²) >= 11 is 0. The zero-order chi connectivity index (χ0) is 22.2. The van der Waals surface area contributed by atoms with Crippen LogP contribution in [0.3, 0.4) is 0 Å². The van der Waals surface area contributed by atoms with Crippen LogP contribution in [0.4, 0.5) is 38.1 Å². The molecule has 3 aromatic rings. The molecule has 0 bridgehead atoms. The fraction of sp³-hybridized carbons (Fsp3) is 0.368. The van der Waals surface area contributed by atoms with Gasteiger partial charge in [-0.3, -0.25) is 5.10 Å². The van der Waals surface area contributed by atoms with Crippen molar-refractivity contribution < 1.29 is 26.3 Å². The van der Waals surface area contributed by atoms with Crippen LogP contribution in [0.2, 0.25) is 0 Å². The highest BCUT2D eigenvalue weighted by molar-refractivity contribution is 5.66. The van der Waals surface area contributed by atoms with Crippen molar-refractivity contribution in [1.29, 1.82) is 0 Å². The monoisotopic (exact) mass is 442 g/mol. The predicted octanol–water partition coefficient (Wildman–Crippen LogP) is 5.31. The van der Waals surface area contributed by atoms with Crippen LogP contribution in [-0.2, 0) is 25.2 Å². The molecular weight excluding hydrogens is 426 g/mol. The van der Waals surface area contributed by atoms with E-state index in [9.17, 15) is 26.3 Å². The van der Waals surface area contributed by atoms with Crippen LogP contribution in [0.15, 0.2) is 24.3 Å². The fourth-order valence-corrected chi connectivity index (χ4v) is 3.47. The van der Waals surface area contributed by atoms with E-state index in [4.69, 9.17) is 0 Å². The van der Waals surface area contributed by atoms with Crippen molar-refractivity contribution in [2.45, 2.75) is 44.5 Å². The number of nitrogens with zero attached hydrogens (tertiary/aromatic N) is 4. The second-order valence-corrected chi connectivity index (χ2v) is 7.06. The lowest BCUT2D eigenvalue weighted by atomic mass is 10.0. The minimum Gasteiger partial charge on any atom is -0.307 e. The van der Waals surface area contributed by atoms with E-state index in [0.29, 0.717) is 24.1 Å². The summed E-state index contributed by atoms with van der Waals surface area (Å²) in [5.74, 6) is -1.74. The van der Waals surface area contributed by atoms with Crippen LogP contribution < -0.4 is 5.32 Å². The molecule has 1 aliphatic carbocycles. The summed E-state index contributed by atoms with van der Waals surface area (Å²) in [6, 6.07) is 4.90. The molecule has 4 rings (SSSR count). The summed E-state index contributed by atoms with van der Waals surface area (Å²) in [4.78, 5) is 12.0. The molecule has 0 atom stereocenters. The van der Waals surface area contributed by atoms with E-state index in [0.717, 1.165) is 25.3 Å². The first kappa shape index (κ1) is 21.1. The van der Waals surface area contributed by atoms with E-state index in [1.165, 1.54) is 18.2 Å². The smallest absolute Gasteiger partial charge is 0.307 e. The fourth-order valence-electron chi connectivity index (χ4n) is 3.47. The molecule has 12 heteroatoms. The van der Waals surface area contributed by atoms with Gasteiger partial charge in [0.05, 0.1) is 5.56 Å². The van der Waals surface area contributed by atoms with Gasteiger partial charge in [-0.15, -0.1) is 5.10 Å². The lowest BCUT2D eigenvalue weighted by Gasteiger charge is -2.16. The minimum absolute atomic E-state index is 0.103. The average Bonchev–Trinajstić information content (AvgIpc) is 3.04. The normalized spacial score (nSPS) is 14.8. The molecule has 6 nitrogen and oxygen atoms in total. The van der Waals surface area contributed by atoms with E-state index in [-0.39, 0.29) is 23.2 Å². The highest BCUT2D eigenvalue weighted by atomic mass is 19.4. The van der Waals surface area contributed by atoms with E-state index in [2.05, 4.69) is 25.4 Å². The number of hydrogen-bond donors (Lipinski definition) is 2. The molecule has 0 fully saturated rings. The molecule has 164 valence electrons. The third-order valence-electron chi connectivity index (χ3n) is 4.89. The summed E-state index contributed by atoms with van der Waals surface area (Å²) in [6.07, 6.45) is -5.79. The van der Waals surface area contributed by atoms with Crippen LogP contribution in [0.1, 0.15) is 41.9 Å². The molecule has 0 radical (unpaired) electrons. The van der Waals surface area contributed by atoms with Crippen molar-refractivity contribution >= 4 is 11.8 Å². The topological polar surface area (TPSA) is 79.4 Å². The van der Waals surface area contributed by atoms with E-state index in [1.807, 2.05) is 0 Å². The number of aromatic nitrogens is 5. The maximum Gasteiger partial charge on any atom is 0.451 e. The molecule has 1 aliphatic rings. The minimum atomic E-state index is -4.72. The molecular formula is C19H16F6N6. The number of fused-ring (bicyclic) bond motifs is 1. The Kier molecular flexibility index (Phi) is 5.31. The Morgan fingerprint density at radius 1 is 0.839 bits per heavy atom. The Balaban J connectivity index is 1.81. The highest BCUT2D eigenvalue weighted by Crippen LogP contribution is 2.37. The van der Waals surface area contributed by atoms with Gasteiger partial charge in [0, 0.05) is 16.8 Å². The van der Waals surface area contributed by atoms with E-state index < -0.39 is 23.7 Å². The third kappa shape index (κ3) is 4.47. The van der Waals surface area contributed by atoms with Crippen LogP contribution in [0.25, 0.3) is 11.4 Å². The van der Waals surface area contributed by atoms with Crippen molar-refractivity contribution in [3.05, 3.63) is 46.9 Å². The quantitative estimate of drug-likeness (QED) is 0.425. The molecule has 2 N–H and O–H groups in total. The van der Waals surface area contributed by atoms with Crippen LogP contribution in [0.5, 0.6) is 0 Å². The number of aromatic amines is 1. The Hall–Kier alpha value is -3.18. The Morgan fingerprint density at radius 3 is 2.29 bits per heavy atom. The van der Waals surface area contributed by atoms with Gasteiger partial charge in [-0.25, -0.2) is 9.97 Å². The number of benzene rings is 1. The maximum atomic E-state index is 13.5. The predicted molar refractivity (Wildman–Crippen MR) is 98.4 cm³/mol. The Bertz CT molecular complexity index is 1090. The molecule has 2 aromatic heterocycles. The van der Waals surface area contributed by atoms with Crippen molar-refractivity contribution in [2.75, 3.05) is 5.32 Å². The largest absolute Gasteiger partial charge is 0.451 e. The summed E-state index contributed by atoms with van der Waals surface area (Å²) in [6.45, 7) is 0. The molecule has 0 aliphatic heterocycles. The number of anilines is 2. The highest BCUT2D eigenvalue weighted by Gasteiger charge is 2.36. The first-order valence-corrected chi connectivity index (χ1v) is 9.46. The Labute approximate surface area is 172 Å². The second-order valence-electron chi connectivity index (χ2n) is 7.06. The summed E-state index contributed by atoms with van der Waals surface area (Å²) in [7, 11) is 0. The van der Waals surface area contributed by atoms with Gasteiger partial charge < -0.3 is 5.32 Å². The standard InChI is InChI=1S/C19H16F6N6/c20-18(21,22)12-8-5-4-6-10(12)14-26-13-9-3-1-2-7-11(13)15(27-14)28-17-29-16(30-31-17)19(23,24)25/h4-6,8H,1-3,7,9H2,(H2,26,27,28,29,30,31). The number of nitrogens with one attached hydrogen (secondary N) is 2. The average molecular weight is 442 g/mol. The summed E-state index contributed by atoms with van der Waals surface area (Å²) in [5, 5.41) is 7.93. The lowest BCUT2D eigenvalue weighted by molar-refractivity contribution is -0.144. The molecule has 0 unspecified atom stereocenters. The number of rotatable bonds is 3. The van der Waals surface area contributed by atoms with Crippen molar-refractivity contribution in [3.63, 3.8) is 0 Å². The molecule has 2 heterocycles. The van der Waals surface area contributed by atoms with Gasteiger partial charge in [-0.05, 0) is 31.7 Å². The number of halogens is 6. The van der Waals surface area contributed by atoms with Crippen LogP contribution >= 0.6 is 0 Å². The summed E-state index contributed by atoms with van der Waals surface area (Å²) in [5.41, 5.74) is 0.0977. The number of hydrogen-bond acceptors (Lipinski definition) is 5. The third-order valence-corrected chi connectivity index (χ3v) is 4.89. The Morgan fingerprint density at radius 2 is 1.58 bits per heavy atom. The SMILES string of the molecule is FC(F)(F)c1nc(Nc2nc(-c3ccccc3C(F)(F)F)nc3c2CCCCC3)n[nH]1. The number of H-pyrrole nitrogens is 1. The first-order valence-electron chi connectivity index (χ1n) is 9.46. The maximum absolute atomic E-state index is 13.5. The molecule has 31 heavy (non-hydrogen) atoms. The molecule has 0 spiro atoms. The first-order chi connectivity index (χ1) is 14.6. The van der Waals surface area contributed by atoms with Gasteiger partial charge in [0.2, 0.25) is 11.8 Å². The zero-order valence-corrected chi connectivity index (χ0v) is 15.9. The van der Waals surface area contributed by atoms with Gasteiger partial charge in [0.15, 0.2) is 5.82 Å². The summed E-state index contributed by atoms with van der Waals surface area (Å²) < 4.78 is 78.9. The van der Waals surface area contributed by atoms with E-state index >= 15 is 0 Å². The second kappa shape index (κ2) is 7.82. The van der Waals surface area contributed by atoms with Gasteiger partial charge >= 0.3 is 12.4 Å².